The second-order valence-corrected chi connectivity index (χ2v) is 10.4. The Morgan fingerprint density at radius 1 is 1.46 bits per heavy atom. The van der Waals surface area contributed by atoms with E-state index in [0.717, 1.165) is 11.3 Å². The van der Waals surface area contributed by atoms with Gasteiger partial charge in [-0.15, -0.1) is 28.2 Å². The number of rotatable bonds is 12. The number of anilines is 1. The predicted molar refractivity (Wildman–Crippen MR) is 136 cm³/mol. The fraction of sp³-hybridized carbons (Fsp3) is 0.368. The molecule has 0 aliphatic carbocycles. The number of amides is 2. The third-order valence-corrected chi connectivity index (χ3v) is 8.14. The van der Waals surface area contributed by atoms with Crippen molar-refractivity contribution in [2.24, 2.45) is 10.9 Å². The van der Waals surface area contributed by atoms with Crippen molar-refractivity contribution in [3.05, 3.63) is 35.0 Å². The zero-order chi connectivity index (χ0) is 26.5. The maximum absolute atomic E-state index is 13.0. The van der Waals surface area contributed by atoms with Crippen molar-refractivity contribution in [1.29, 1.82) is 0 Å². The summed E-state index contributed by atoms with van der Waals surface area (Å²) < 4.78 is 1.53. The average molecular weight is 567 g/mol. The minimum Gasteiger partial charge on any atom is -0.477 e. The third kappa shape index (κ3) is 5.60. The quantitative estimate of drug-likeness (QED) is 0.0613. The van der Waals surface area contributed by atoms with Crippen molar-refractivity contribution in [3.8, 4) is 0 Å². The van der Waals surface area contributed by atoms with Gasteiger partial charge in [0.1, 0.15) is 29.4 Å². The first-order chi connectivity index (χ1) is 17.8. The number of aromatic nitrogens is 5. The van der Waals surface area contributed by atoms with E-state index < -0.39 is 29.2 Å². The molecule has 196 valence electrons. The highest BCUT2D eigenvalue weighted by atomic mass is 32.2. The highest BCUT2D eigenvalue weighted by molar-refractivity contribution is 8.01. The SMILES string of the molecule is C=CCO/N=C(/C(=O)NC1C(=O)N2C(C(=O)O)=C(CSc3nnnn3CCN)CS[C@H]12)c1csc(N)n1. The lowest BCUT2D eigenvalue weighted by atomic mass is 10.0. The van der Waals surface area contributed by atoms with Gasteiger partial charge >= 0.3 is 5.97 Å². The second kappa shape index (κ2) is 11.7. The molecule has 1 fully saturated rings. The van der Waals surface area contributed by atoms with Crippen molar-refractivity contribution >= 4 is 63.5 Å². The number of β-lactam (4-membered cyclic amide) rings is 1. The Kier molecular flexibility index (Phi) is 8.41. The molecule has 0 aromatic carbocycles. The molecule has 4 heterocycles. The van der Waals surface area contributed by atoms with Crippen molar-refractivity contribution in [2.75, 3.05) is 30.4 Å². The molecular weight excluding hydrogens is 544 g/mol. The molecule has 2 aromatic heterocycles. The summed E-state index contributed by atoms with van der Waals surface area (Å²) in [6, 6.07) is -0.960. The monoisotopic (exact) mass is 566 g/mol. The van der Waals surface area contributed by atoms with Crippen LogP contribution in [0.2, 0.25) is 0 Å². The van der Waals surface area contributed by atoms with Gasteiger partial charge in [0.05, 0.1) is 6.54 Å². The minimum atomic E-state index is -1.24. The van der Waals surface area contributed by atoms with E-state index in [4.69, 9.17) is 16.3 Å². The molecule has 15 nitrogen and oxygen atoms in total. The molecule has 2 atom stereocenters. The number of nitrogens with two attached hydrogens (primary N) is 2. The van der Waals surface area contributed by atoms with Crippen LogP contribution in [0.5, 0.6) is 0 Å². The average Bonchev–Trinajstić information content (AvgIpc) is 3.51. The number of nitrogens with zero attached hydrogens (tertiary/aromatic N) is 7. The molecule has 37 heavy (non-hydrogen) atoms. The number of nitrogen functional groups attached to an aromatic ring is 1. The Morgan fingerprint density at radius 2 is 2.27 bits per heavy atom. The molecule has 2 aromatic rings. The standard InChI is InChI=1S/C19H22N10O5S3/c1-2-5-34-25-11(10-8-36-18(21)22-10)14(30)23-12-15(31)29-13(17(32)33)9(6-35-16(12)29)7-37-19-24-26-27-28(19)4-3-20/h2,8,12,16H,1,3-7,20H2,(H2,21,22)(H,23,30)(H,32,33)/b25-11+/t12?,16-/m1/s1. The summed E-state index contributed by atoms with van der Waals surface area (Å²) in [5.41, 5.74) is 11.7. The van der Waals surface area contributed by atoms with Gasteiger partial charge in [0.25, 0.3) is 11.8 Å². The number of carboxylic acid groups (broad SMARTS) is 1. The van der Waals surface area contributed by atoms with Crippen molar-refractivity contribution in [3.63, 3.8) is 0 Å². The van der Waals surface area contributed by atoms with Gasteiger partial charge in [-0.3, -0.25) is 14.5 Å². The molecule has 0 spiro atoms. The van der Waals surface area contributed by atoms with Gasteiger partial charge in [-0.05, 0) is 16.0 Å². The van der Waals surface area contributed by atoms with Gasteiger partial charge in [0, 0.05) is 23.4 Å². The van der Waals surface area contributed by atoms with Crippen LogP contribution >= 0.6 is 34.9 Å². The highest BCUT2D eigenvalue weighted by Crippen LogP contribution is 2.41. The topological polar surface area (TPSA) is 217 Å². The predicted octanol–water partition coefficient (Wildman–Crippen LogP) is -0.892. The van der Waals surface area contributed by atoms with Gasteiger partial charge in [-0.1, -0.05) is 29.6 Å². The molecule has 2 aliphatic rings. The fourth-order valence-corrected chi connectivity index (χ4v) is 6.41. The maximum Gasteiger partial charge on any atom is 0.352 e. The van der Waals surface area contributed by atoms with E-state index in [0.29, 0.717) is 29.6 Å². The fourth-order valence-electron chi connectivity index (χ4n) is 3.47. The van der Waals surface area contributed by atoms with Crippen LogP contribution in [0.4, 0.5) is 5.13 Å². The van der Waals surface area contributed by atoms with Crippen LogP contribution in [-0.2, 0) is 25.8 Å². The molecule has 1 unspecified atom stereocenters. The number of thiazole rings is 1. The molecule has 0 radical (unpaired) electrons. The number of carbonyl (C=O) groups is 3. The van der Waals surface area contributed by atoms with Crippen LogP contribution in [0, 0.1) is 0 Å². The lowest BCUT2D eigenvalue weighted by Crippen LogP contribution is -2.71. The molecule has 0 saturated carbocycles. The highest BCUT2D eigenvalue weighted by Gasteiger charge is 2.54. The van der Waals surface area contributed by atoms with Gasteiger partial charge < -0.3 is 26.7 Å². The summed E-state index contributed by atoms with van der Waals surface area (Å²) >= 11 is 3.71. The van der Waals surface area contributed by atoms with Crippen LogP contribution in [0.25, 0.3) is 0 Å². The van der Waals surface area contributed by atoms with E-state index in [2.05, 4.69) is 37.6 Å². The molecule has 4 rings (SSSR count). The van der Waals surface area contributed by atoms with E-state index >= 15 is 0 Å². The Balaban J connectivity index is 1.48. The zero-order valence-electron chi connectivity index (χ0n) is 19.1. The van der Waals surface area contributed by atoms with E-state index in [1.54, 1.807) is 0 Å². The van der Waals surface area contributed by atoms with E-state index in [1.165, 1.54) is 44.6 Å². The summed E-state index contributed by atoms with van der Waals surface area (Å²) in [7, 11) is 0. The summed E-state index contributed by atoms with van der Waals surface area (Å²) in [4.78, 5) is 48.4. The summed E-state index contributed by atoms with van der Waals surface area (Å²) in [6.07, 6.45) is 1.45. The molecule has 2 aliphatic heterocycles. The number of aliphatic carboxylic acids is 1. The largest absolute Gasteiger partial charge is 0.477 e. The van der Waals surface area contributed by atoms with Gasteiger partial charge in [-0.2, -0.15) is 0 Å². The summed E-state index contributed by atoms with van der Waals surface area (Å²) in [6.45, 7) is 4.34. The number of thioether (sulfide) groups is 2. The van der Waals surface area contributed by atoms with Crippen LogP contribution in [-0.4, -0.2) is 94.8 Å². The number of carboxylic acids is 1. The number of nitrogens with one attached hydrogen (secondary N) is 1. The Bertz CT molecular complexity index is 1270. The Labute approximate surface area is 222 Å². The van der Waals surface area contributed by atoms with Crippen molar-refractivity contribution in [1.82, 2.24) is 35.4 Å². The van der Waals surface area contributed by atoms with Gasteiger partial charge in [0.15, 0.2) is 10.8 Å². The zero-order valence-corrected chi connectivity index (χ0v) is 21.6. The smallest absolute Gasteiger partial charge is 0.352 e. The number of oxime groups is 1. The molecule has 6 N–H and O–H groups in total. The third-order valence-electron chi connectivity index (χ3n) is 5.08. The van der Waals surface area contributed by atoms with Gasteiger partial charge in [0.2, 0.25) is 5.16 Å². The number of tetrazole rings is 1. The van der Waals surface area contributed by atoms with Crippen molar-refractivity contribution in [2.45, 2.75) is 23.1 Å². The van der Waals surface area contributed by atoms with Crippen LogP contribution < -0.4 is 16.8 Å². The number of hydrogen-bond acceptors (Lipinski definition) is 14. The maximum atomic E-state index is 13.0. The molecule has 0 bridgehead atoms. The lowest BCUT2D eigenvalue weighted by Gasteiger charge is -2.49. The van der Waals surface area contributed by atoms with E-state index in [1.807, 2.05) is 0 Å². The van der Waals surface area contributed by atoms with E-state index in [9.17, 15) is 19.5 Å². The second-order valence-electron chi connectivity index (χ2n) is 7.48. The first kappa shape index (κ1) is 26.6. The first-order valence-electron chi connectivity index (χ1n) is 10.7. The summed E-state index contributed by atoms with van der Waals surface area (Å²) in [5, 5.41) is 29.4. The van der Waals surface area contributed by atoms with Crippen LogP contribution in [0.1, 0.15) is 5.69 Å². The molecule has 18 heteroatoms. The Morgan fingerprint density at radius 3 is 2.95 bits per heavy atom. The molecular formula is C19H22N10O5S3. The minimum absolute atomic E-state index is 0.0527. The number of fused-ring (bicyclic) bond motifs is 1. The lowest BCUT2D eigenvalue weighted by molar-refractivity contribution is -0.150. The van der Waals surface area contributed by atoms with Gasteiger partial charge in [-0.25, -0.2) is 14.5 Å². The van der Waals surface area contributed by atoms with Crippen LogP contribution in [0.3, 0.4) is 0 Å². The van der Waals surface area contributed by atoms with Crippen molar-refractivity contribution < 1.29 is 24.3 Å². The van der Waals surface area contributed by atoms with E-state index in [-0.39, 0.29) is 34.6 Å². The van der Waals surface area contributed by atoms with Crippen LogP contribution in [0.15, 0.2) is 39.6 Å². The molecule has 2 amide bonds. The molecule has 1 saturated heterocycles. The first-order valence-corrected chi connectivity index (χ1v) is 13.6. The summed E-state index contributed by atoms with van der Waals surface area (Å²) in [5.74, 6) is -1.90. The number of hydrogen-bond donors (Lipinski definition) is 4. The number of carbonyl (C=O) groups excluding carboxylic acids is 2. The Hall–Kier alpha value is -3.48. The normalized spacial score (nSPS) is 19.3.